The fourth-order valence-corrected chi connectivity index (χ4v) is 4.71. The quantitative estimate of drug-likeness (QED) is 0.176. The average molecular weight is 546 g/mol. The maximum Gasteiger partial charge on any atom is 0.234 e. The van der Waals surface area contributed by atoms with Gasteiger partial charge >= 0.3 is 0 Å². The molecule has 12 nitrogen and oxygen atoms in total. The molecule has 1 aromatic heterocycles. The minimum atomic E-state index is -2.52. The summed E-state index contributed by atoms with van der Waals surface area (Å²) >= 11 is 0. The summed E-state index contributed by atoms with van der Waals surface area (Å²) in [6.07, 6.45) is -3.99. The summed E-state index contributed by atoms with van der Waals surface area (Å²) < 4.78 is 16.6. The van der Waals surface area contributed by atoms with Crippen molar-refractivity contribution in [3.8, 4) is 17.2 Å². The molecule has 1 aliphatic rings. The van der Waals surface area contributed by atoms with Crippen LogP contribution in [-0.2, 0) is 4.74 Å². The summed E-state index contributed by atoms with van der Waals surface area (Å²) in [7, 11) is 1.39. The molecule has 210 valence electrons. The molecule has 4 rings (SSSR count). The van der Waals surface area contributed by atoms with Gasteiger partial charge in [-0.05, 0) is 30.0 Å². The van der Waals surface area contributed by atoms with Crippen LogP contribution in [0.15, 0.2) is 36.7 Å². The van der Waals surface area contributed by atoms with Gasteiger partial charge in [-0.1, -0.05) is 6.07 Å². The van der Waals surface area contributed by atoms with Crippen LogP contribution in [0.4, 0.5) is 0 Å². The van der Waals surface area contributed by atoms with Crippen LogP contribution in [-0.4, -0.2) is 97.7 Å². The molecule has 1 aliphatic heterocycles. The molecule has 7 N–H and O–H groups in total. The number of fused-ring (bicyclic) bond motifs is 1. The molecule has 5 atom stereocenters. The topological polar surface area (TPSA) is 199 Å². The van der Waals surface area contributed by atoms with Crippen molar-refractivity contribution in [1.29, 1.82) is 0 Å². The van der Waals surface area contributed by atoms with Crippen molar-refractivity contribution in [2.75, 3.05) is 20.3 Å². The van der Waals surface area contributed by atoms with E-state index in [0.717, 1.165) is 0 Å². The van der Waals surface area contributed by atoms with Crippen LogP contribution in [0, 0.1) is 6.92 Å². The zero-order valence-corrected chi connectivity index (χ0v) is 21.3. The molecule has 0 bridgehead atoms. The van der Waals surface area contributed by atoms with Crippen LogP contribution >= 0.6 is 0 Å². The van der Waals surface area contributed by atoms with Crippen LogP contribution < -0.4 is 9.47 Å². The molecule has 3 aromatic rings. The van der Waals surface area contributed by atoms with E-state index >= 15 is 0 Å². The van der Waals surface area contributed by atoms with Crippen molar-refractivity contribution in [1.82, 2.24) is 4.98 Å². The van der Waals surface area contributed by atoms with Crippen molar-refractivity contribution in [2.24, 2.45) is 0 Å². The molecule has 5 unspecified atom stereocenters. The number of carbonyl (C=O) groups excluding carboxylic acids is 2. The lowest BCUT2D eigenvalue weighted by atomic mass is 9.87. The lowest BCUT2D eigenvalue weighted by molar-refractivity contribution is -0.327. The molecule has 12 heteroatoms. The van der Waals surface area contributed by atoms with Crippen molar-refractivity contribution in [2.45, 2.75) is 50.0 Å². The summed E-state index contributed by atoms with van der Waals surface area (Å²) in [5, 5.41) is 62.7. The number of aryl methyl sites for hydroxylation is 1. The third-order valence-electron chi connectivity index (χ3n) is 6.95. The lowest BCUT2D eigenvalue weighted by Gasteiger charge is -2.46. The van der Waals surface area contributed by atoms with E-state index in [1.165, 1.54) is 19.4 Å². The Morgan fingerprint density at radius 3 is 2.46 bits per heavy atom. The Morgan fingerprint density at radius 2 is 1.85 bits per heavy atom. The highest BCUT2D eigenvalue weighted by Crippen LogP contribution is 2.43. The second kappa shape index (κ2) is 11.3. The van der Waals surface area contributed by atoms with Gasteiger partial charge in [-0.15, -0.1) is 0 Å². The van der Waals surface area contributed by atoms with Gasteiger partial charge in [-0.25, -0.2) is 0 Å². The molecule has 2 aromatic carbocycles. The predicted octanol–water partition coefficient (Wildman–Crippen LogP) is 0.578. The maximum atomic E-state index is 13.2. The van der Waals surface area contributed by atoms with E-state index in [2.05, 4.69) is 4.98 Å². The largest absolute Gasteiger partial charge is 0.506 e. The summed E-state index contributed by atoms with van der Waals surface area (Å²) in [5.74, 6) is -1.05. The van der Waals surface area contributed by atoms with Gasteiger partial charge < -0.3 is 49.8 Å². The number of Topliss-reactive ketones (excluding diaryl/α,β-unsaturated/α-hetero) is 2. The van der Waals surface area contributed by atoms with Gasteiger partial charge in [-0.2, -0.15) is 0 Å². The Labute approximate surface area is 223 Å². The van der Waals surface area contributed by atoms with E-state index in [9.17, 15) is 40.2 Å². The van der Waals surface area contributed by atoms with Gasteiger partial charge in [0.2, 0.25) is 6.29 Å². The molecule has 0 saturated carbocycles. The second-order valence-corrected chi connectivity index (χ2v) is 9.48. The van der Waals surface area contributed by atoms with E-state index < -0.39 is 54.9 Å². The third-order valence-corrected chi connectivity index (χ3v) is 6.95. The number of hydrogen-bond acceptors (Lipinski definition) is 11. The van der Waals surface area contributed by atoms with Gasteiger partial charge in [0, 0.05) is 36.9 Å². The van der Waals surface area contributed by atoms with Crippen LogP contribution in [0.3, 0.4) is 0 Å². The van der Waals surface area contributed by atoms with E-state index in [4.69, 9.17) is 14.2 Å². The van der Waals surface area contributed by atoms with Gasteiger partial charge in [0.1, 0.15) is 35.6 Å². The first-order valence-corrected chi connectivity index (χ1v) is 12.2. The Balaban J connectivity index is 1.74. The van der Waals surface area contributed by atoms with Crippen LogP contribution in [0.25, 0.3) is 10.8 Å². The number of hydrogen-bond donors (Lipinski definition) is 7. The molecule has 0 aliphatic carbocycles. The van der Waals surface area contributed by atoms with E-state index in [0.29, 0.717) is 16.5 Å². The van der Waals surface area contributed by atoms with Crippen molar-refractivity contribution < 1.29 is 54.4 Å². The number of methoxy groups -OCH3 is 1. The zero-order valence-electron chi connectivity index (χ0n) is 21.3. The third kappa shape index (κ3) is 5.22. The molecule has 1 saturated heterocycles. The molecule has 0 radical (unpaired) electrons. The Bertz CT molecular complexity index is 1360. The van der Waals surface area contributed by atoms with Gasteiger partial charge in [0.15, 0.2) is 17.2 Å². The molecule has 39 heavy (non-hydrogen) atoms. The number of aromatic amines is 1. The Morgan fingerprint density at radius 1 is 1.13 bits per heavy atom. The minimum Gasteiger partial charge on any atom is -0.506 e. The summed E-state index contributed by atoms with van der Waals surface area (Å²) in [6, 6.07) is 6.13. The first kappa shape index (κ1) is 28.5. The highest BCUT2D eigenvalue weighted by molar-refractivity contribution is 6.09. The maximum absolute atomic E-state index is 13.2. The zero-order chi connectivity index (χ0) is 28.5. The second-order valence-electron chi connectivity index (χ2n) is 9.48. The number of aliphatic hydroxyl groups is 5. The molecule has 0 spiro atoms. The van der Waals surface area contributed by atoms with Crippen LogP contribution in [0.2, 0.25) is 0 Å². The summed E-state index contributed by atoms with van der Waals surface area (Å²) in [5.41, 5.74) is -1.69. The number of nitrogens with one attached hydrogen (secondary N) is 1. The summed E-state index contributed by atoms with van der Waals surface area (Å²) in [4.78, 5) is 28.3. The first-order chi connectivity index (χ1) is 18.5. The number of benzene rings is 2. The van der Waals surface area contributed by atoms with Gasteiger partial charge in [0.05, 0.1) is 31.3 Å². The monoisotopic (exact) mass is 545 g/mol. The minimum absolute atomic E-state index is 0.0340. The molecular weight excluding hydrogens is 514 g/mol. The van der Waals surface area contributed by atoms with Crippen molar-refractivity contribution in [3.63, 3.8) is 0 Å². The Kier molecular flexibility index (Phi) is 8.25. The van der Waals surface area contributed by atoms with Crippen molar-refractivity contribution in [3.05, 3.63) is 53.3 Å². The van der Waals surface area contributed by atoms with E-state index in [-0.39, 0.29) is 41.1 Å². The fraction of sp³-hybridized carbons (Fsp3) is 0.407. The van der Waals surface area contributed by atoms with Crippen LogP contribution in [0.1, 0.15) is 39.1 Å². The Hall–Kier alpha value is -3.52. The van der Waals surface area contributed by atoms with Crippen LogP contribution in [0.5, 0.6) is 17.2 Å². The number of phenols is 1. The number of H-pyrrole nitrogens is 1. The number of carbonyl (C=O) groups is 2. The van der Waals surface area contributed by atoms with Crippen molar-refractivity contribution >= 4 is 22.3 Å². The lowest BCUT2D eigenvalue weighted by Crippen LogP contribution is -2.69. The van der Waals surface area contributed by atoms with E-state index in [1.807, 2.05) is 0 Å². The molecule has 0 amide bonds. The SMILES string of the molecule is COc1cc(OC2OC(CO)C(O)C(O)C2(O)CO)c2c(O)c(C(=O)CCC(=O)c3cc[nH]c3)c(C)cc2c1. The number of aromatic hydroxyl groups is 1. The number of aliphatic hydroxyl groups excluding tert-OH is 4. The highest BCUT2D eigenvalue weighted by Gasteiger charge is 2.56. The number of rotatable bonds is 10. The smallest absolute Gasteiger partial charge is 0.234 e. The standard InChI is InChI=1S/C27H31NO11/c1-13-7-15-8-16(37-2)9-19(38-26-27(36,12-30)25(35)23(33)20(11-29)39-26)22(15)24(34)21(13)18(32)4-3-17(31)14-5-6-28-10-14/h5-10,20,23,25-26,28-30,33-36H,3-4,11-12H2,1-2H3. The highest BCUT2D eigenvalue weighted by atomic mass is 16.7. The number of ketones is 2. The molecule has 2 heterocycles. The fourth-order valence-electron chi connectivity index (χ4n) is 4.71. The van der Waals surface area contributed by atoms with E-state index in [1.54, 1.807) is 31.3 Å². The number of aromatic nitrogens is 1. The van der Waals surface area contributed by atoms with Gasteiger partial charge in [-0.3, -0.25) is 9.59 Å². The number of ether oxygens (including phenoxy) is 3. The first-order valence-electron chi connectivity index (χ1n) is 12.2. The normalized spacial score (nSPS) is 25.0. The number of phenolic OH excluding ortho intramolecular Hbond substituents is 1. The van der Waals surface area contributed by atoms with Gasteiger partial charge in [0.25, 0.3) is 0 Å². The predicted molar refractivity (Wildman–Crippen MR) is 136 cm³/mol. The molecule has 1 fully saturated rings. The molecular formula is C27H31NO11. The summed E-state index contributed by atoms with van der Waals surface area (Å²) in [6.45, 7) is -0.193. The average Bonchev–Trinajstić information content (AvgIpc) is 3.46.